The molecular formula is C22H22N4O3. The summed E-state index contributed by atoms with van der Waals surface area (Å²) < 4.78 is 10.2. The van der Waals surface area contributed by atoms with E-state index in [9.17, 15) is 4.79 Å². The number of fused-ring (bicyclic) bond motifs is 2. The molecule has 3 aromatic rings. The molecule has 1 atom stereocenters. The Kier molecular flexibility index (Phi) is 4.52. The zero-order chi connectivity index (χ0) is 19.8. The number of hydrogen-bond acceptors (Lipinski definition) is 5. The number of urea groups is 1. The number of para-hydroxylation sites is 1. The topological polar surface area (TPSA) is 80.5 Å². The maximum atomic E-state index is 12.9. The first-order valence-corrected chi connectivity index (χ1v) is 9.83. The van der Waals surface area contributed by atoms with Crippen molar-refractivity contribution in [1.29, 1.82) is 0 Å². The molecule has 5 rings (SSSR count). The van der Waals surface area contributed by atoms with E-state index in [1.54, 1.807) is 7.11 Å². The SMILES string of the molecule is COCc1nc(-c2ccc3c(c2)CC[C@H]3NC(=O)N2CCc3ccccc32)no1. The van der Waals surface area contributed by atoms with Gasteiger partial charge in [0.15, 0.2) is 0 Å². The number of nitrogens with one attached hydrogen (secondary N) is 1. The van der Waals surface area contributed by atoms with Crippen LogP contribution in [0.4, 0.5) is 10.5 Å². The van der Waals surface area contributed by atoms with Gasteiger partial charge in [0, 0.05) is 24.9 Å². The number of aryl methyl sites for hydroxylation is 1. The number of methoxy groups -OCH3 is 1. The Balaban J connectivity index is 1.32. The average molecular weight is 390 g/mol. The molecule has 0 unspecified atom stereocenters. The van der Waals surface area contributed by atoms with Gasteiger partial charge in [-0.2, -0.15) is 4.98 Å². The largest absolute Gasteiger partial charge is 0.375 e. The highest BCUT2D eigenvalue weighted by molar-refractivity contribution is 5.94. The Morgan fingerprint density at radius 3 is 3.03 bits per heavy atom. The number of carbonyl (C=O) groups excluding carboxylic acids is 1. The zero-order valence-corrected chi connectivity index (χ0v) is 16.2. The molecule has 0 spiro atoms. The molecule has 2 amide bonds. The summed E-state index contributed by atoms with van der Waals surface area (Å²) in [7, 11) is 1.59. The molecule has 1 aromatic heterocycles. The van der Waals surface area contributed by atoms with Gasteiger partial charge < -0.3 is 14.6 Å². The maximum absolute atomic E-state index is 12.9. The Morgan fingerprint density at radius 2 is 2.14 bits per heavy atom. The average Bonchev–Trinajstić information content (AvgIpc) is 3.46. The second-order valence-electron chi connectivity index (χ2n) is 7.43. The van der Waals surface area contributed by atoms with Gasteiger partial charge in [0.25, 0.3) is 5.89 Å². The first-order valence-electron chi connectivity index (χ1n) is 9.83. The summed E-state index contributed by atoms with van der Waals surface area (Å²) in [5.74, 6) is 1.01. The minimum atomic E-state index is -0.0285. The van der Waals surface area contributed by atoms with Gasteiger partial charge in [0.05, 0.1) is 6.04 Å². The standard InChI is InChI=1S/C22H22N4O3/c1-28-13-20-24-21(25-29-20)16-6-8-17-15(12-16)7-9-18(17)23-22(27)26-11-10-14-4-2-3-5-19(14)26/h2-6,8,12,18H,7,9-11,13H2,1H3,(H,23,27)/t18-/m1/s1. The van der Waals surface area contributed by atoms with Gasteiger partial charge in [-0.3, -0.25) is 4.90 Å². The van der Waals surface area contributed by atoms with Crippen LogP contribution >= 0.6 is 0 Å². The second-order valence-corrected chi connectivity index (χ2v) is 7.43. The minimum Gasteiger partial charge on any atom is -0.375 e. The number of hydrogen-bond donors (Lipinski definition) is 1. The molecule has 0 fully saturated rings. The third-order valence-electron chi connectivity index (χ3n) is 5.64. The first-order chi connectivity index (χ1) is 14.2. The van der Waals surface area contributed by atoms with Crippen molar-refractivity contribution in [1.82, 2.24) is 15.5 Å². The molecule has 148 valence electrons. The van der Waals surface area contributed by atoms with Crippen LogP contribution in [0.3, 0.4) is 0 Å². The molecule has 0 bridgehead atoms. The van der Waals surface area contributed by atoms with E-state index in [-0.39, 0.29) is 12.1 Å². The van der Waals surface area contributed by atoms with E-state index < -0.39 is 0 Å². The van der Waals surface area contributed by atoms with Crippen LogP contribution in [0.25, 0.3) is 11.4 Å². The molecule has 7 nitrogen and oxygen atoms in total. The fraction of sp³-hybridized carbons (Fsp3) is 0.318. The molecule has 1 N–H and O–H groups in total. The van der Waals surface area contributed by atoms with Gasteiger partial charge in [0.1, 0.15) is 6.61 Å². The second kappa shape index (κ2) is 7.33. The number of aromatic nitrogens is 2. The van der Waals surface area contributed by atoms with Crippen LogP contribution in [0, 0.1) is 0 Å². The van der Waals surface area contributed by atoms with Gasteiger partial charge in [-0.15, -0.1) is 0 Å². The Bertz CT molecular complexity index is 1060. The van der Waals surface area contributed by atoms with E-state index in [1.807, 2.05) is 29.2 Å². The molecule has 0 saturated carbocycles. The van der Waals surface area contributed by atoms with E-state index in [4.69, 9.17) is 9.26 Å². The summed E-state index contributed by atoms with van der Waals surface area (Å²) in [6, 6.07) is 14.2. The molecule has 7 heteroatoms. The summed E-state index contributed by atoms with van der Waals surface area (Å²) in [5, 5.41) is 7.25. The Morgan fingerprint density at radius 1 is 1.24 bits per heavy atom. The minimum absolute atomic E-state index is 0.0219. The number of anilines is 1. The van der Waals surface area contributed by atoms with E-state index in [0.717, 1.165) is 42.6 Å². The monoisotopic (exact) mass is 390 g/mol. The summed E-state index contributed by atoms with van der Waals surface area (Å²) in [4.78, 5) is 19.1. The van der Waals surface area contributed by atoms with Gasteiger partial charge in [-0.1, -0.05) is 35.5 Å². The smallest absolute Gasteiger partial charge is 0.322 e. The number of nitrogens with zero attached hydrogens (tertiary/aromatic N) is 3. The lowest BCUT2D eigenvalue weighted by Gasteiger charge is -2.22. The molecule has 1 aliphatic heterocycles. The van der Waals surface area contributed by atoms with Crippen LogP contribution in [0.1, 0.15) is 35.0 Å². The molecule has 0 radical (unpaired) electrons. The van der Waals surface area contributed by atoms with Crippen molar-refractivity contribution in [2.45, 2.75) is 31.9 Å². The third-order valence-corrected chi connectivity index (χ3v) is 5.64. The van der Waals surface area contributed by atoms with Crippen molar-refractivity contribution in [3.63, 3.8) is 0 Å². The predicted octanol–water partition coefficient (Wildman–Crippen LogP) is 3.64. The fourth-order valence-corrected chi connectivity index (χ4v) is 4.24. The van der Waals surface area contributed by atoms with E-state index in [2.05, 4.69) is 33.7 Å². The van der Waals surface area contributed by atoms with Crippen molar-refractivity contribution in [3.05, 3.63) is 65.0 Å². The van der Waals surface area contributed by atoms with Crippen LogP contribution in [-0.4, -0.2) is 29.8 Å². The molecule has 0 saturated heterocycles. The highest BCUT2D eigenvalue weighted by Gasteiger charge is 2.29. The highest BCUT2D eigenvalue weighted by atomic mass is 16.5. The quantitative estimate of drug-likeness (QED) is 0.736. The zero-order valence-electron chi connectivity index (χ0n) is 16.2. The van der Waals surface area contributed by atoms with E-state index >= 15 is 0 Å². The van der Waals surface area contributed by atoms with Gasteiger partial charge in [-0.05, 0) is 48.1 Å². The number of benzene rings is 2. The van der Waals surface area contributed by atoms with Crippen molar-refractivity contribution in [2.24, 2.45) is 0 Å². The predicted molar refractivity (Wildman–Crippen MR) is 108 cm³/mol. The Hall–Kier alpha value is -3.19. The van der Waals surface area contributed by atoms with Gasteiger partial charge in [0.2, 0.25) is 5.82 Å². The third kappa shape index (κ3) is 3.27. The molecule has 2 heterocycles. The first kappa shape index (κ1) is 17.9. The lowest BCUT2D eigenvalue weighted by Crippen LogP contribution is -2.40. The molecule has 1 aliphatic carbocycles. The maximum Gasteiger partial charge on any atom is 0.322 e. The van der Waals surface area contributed by atoms with Crippen LogP contribution in [-0.2, 0) is 24.2 Å². The molecule has 2 aromatic carbocycles. The lowest BCUT2D eigenvalue weighted by atomic mass is 10.0. The Labute approximate surface area is 168 Å². The van der Waals surface area contributed by atoms with Crippen molar-refractivity contribution >= 4 is 11.7 Å². The number of rotatable bonds is 4. The summed E-state index contributed by atoms with van der Waals surface area (Å²) in [6.45, 7) is 1.02. The van der Waals surface area contributed by atoms with Crippen molar-refractivity contribution in [2.75, 3.05) is 18.6 Å². The summed E-state index contributed by atoms with van der Waals surface area (Å²) in [6.07, 6.45) is 2.71. The number of carbonyl (C=O) groups is 1. The lowest BCUT2D eigenvalue weighted by molar-refractivity contribution is 0.151. The van der Waals surface area contributed by atoms with Crippen molar-refractivity contribution < 1.29 is 14.1 Å². The van der Waals surface area contributed by atoms with E-state index in [0.29, 0.717) is 18.3 Å². The number of ether oxygens (including phenoxy) is 1. The number of amides is 2. The van der Waals surface area contributed by atoms with Gasteiger partial charge >= 0.3 is 6.03 Å². The van der Waals surface area contributed by atoms with Crippen LogP contribution in [0.5, 0.6) is 0 Å². The van der Waals surface area contributed by atoms with E-state index in [1.165, 1.54) is 11.1 Å². The molecule has 2 aliphatic rings. The van der Waals surface area contributed by atoms with Gasteiger partial charge in [-0.25, -0.2) is 4.79 Å². The molecule has 29 heavy (non-hydrogen) atoms. The molecular weight excluding hydrogens is 368 g/mol. The van der Waals surface area contributed by atoms with Crippen LogP contribution in [0.2, 0.25) is 0 Å². The summed E-state index contributed by atoms with van der Waals surface area (Å²) >= 11 is 0. The van der Waals surface area contributed by atoms with Crippen LogP contribution < -0.4 is 10.2 Å². The van der Waals surface area contributed by atoms with Crippen LogP contribution in [0.15, 0.2) is 47.0 Å². The summed E-state index contributed by atoms with van der Waals surface area (Å²) in [5.41, 5.74) is 5.54. The normalized spacial score (nSPS) is 17.3. The fourth-order valence-electron chi connectivity index (χ4n) is 4.24. The highest BCUT2D eigenvalue weighted by Crippen LogP contribution is 2.35. The van der Waals surface area contributed by atoms with Crippen molar-refractivity contribution in [3.8, 4) is 11.4 Å².